The van der Waals surface area contributed by atoms with Crippen LogP contribution in [0.15, 0.2) is 54.6 Å². The van der Waals surface area contributed by atoms with Gasteiger partial charge in [-0.15, -0.1) is 0 Å². The monoisotopic (exact) mass is 358 g/mol. The molecule has 4 heteroatoms. The Morgan fingerprint density at radius 2 is 1.81 bits per heavy atom. The van der Waals surface area contributed by atoms with Gasteiger partial charge in [-0.3, -0.25) is 0 Å². The number of nitrogens with zero attached hydrogens (tertiary/aromatic N) is 1. The van der Waals surface area contributed by atoms with Gasteiger partial charge in [0.05, 0.1) is 30.4 Å². The van der Waals surface area contributed by atoms with Crippen LogP contribution in [0.2, 0.25) is 0 Å². The Balaban J connectivity index is 2.08. The van der Waals surface area contributed by atoms with Gasteiger partial charge < -0.3 is 15.2 Å². The Kier molecular flexibility index (Phi) is 4.42. The van der Waals surface area contributed by atoms with Gasteiger partial charge in [0, 0.05) is 27.6 Å². The summed E-state index contributed by atoms with van der Waals surface area (Å²) in [6, 6.07) is 18.4. The number of rotatable bonds is 4. The maximum atomic E-state index is 10.0. The van der Waals surface area contributed by atoms with Crippen LogP contribution in [0.4, 0.5) is 11.4 Å². The van der Waals surface area contributed by atoms with E-state index < -0.39 is 0 Å². The predicted molar refractivity (Wildman–Crippen MR) is 111 cm³/mol. The number of benzene rings is 3. The highest BCUT2D eigenvalue weighted by Crippen LogP contribution is 2.40. The number of pyridine rings is 1. The number of hydrogen-bond acceptors (Lipinski definition) is 4. The molecule has 0 aliphatic carbocycles. The molecule has 0 radical (unpaired) electrons. The van der Waals surface area contributed by atoms with Crippen LogP contribution in [0.25, 0.3) is 21.8 Å². The van der Waals surface area contributed by atoms with E-state index in [0.717, 1.165) is 44.3 Å². The van der Waals surface area contributed by atoms with Gasteiger partial charge in [0.2, 0.25) is 0 Å². The minimum atomic E-state index is -0.129. The Morgan fingerprint density at radius 1 is 1.04 bits per heavy atom. The van der Waals surface area contributed by atoms with Crippen molar-refractivity contribution in [2.75, 3.05) is 12.4 Å². The summed E-state index contributed by atoms with van der Waals surface area (Å²) in [5, 5.41) is 15.6. The zero-order chi connectivity index (χ0) is 19.0. The third-order valence-corrected chi connectivity index (χ3v) is 4.92. The summed E-state index contributed by atoms with van der Waals surface area (Å²) >= 11 is 0. The normalized spacial score (nSPS) is 11.1. The molecule has 0 saturated carbocycles. The summed E-state index contributed by atoms with van der Waals surface area (Å²) in [7, 11) is 1.63. The van der Waals surface area contributed by atoms with Crippen molar-refractivity contribution in [2.45, 2.75) is 20.5 Å². The second kappa shape index (κ2) is 6.89. The zero-order valence-corrected chi connectivity index (χ0v) is 15.7. The molecular formula is C23H22N2O2. The van der Waals surface area contributed by atoms with Crippen molar-refractivity contribution in [3.05, 3.63) is 71.3 Å². The lowest BCUT2D eigenvalue weighted by atomic mass is 9.99. The van der Waals surface area contributed by atoms with E-state index in [1.807, 2.05) is 37.3 Å². The van der Waals surface area contributed by atoms with Crippen LogP contribution in [0.3, 0.4) is 0 Å². The number of fused-ring (bicyclic) bond motifs is 2. The van der Waals surface area contributed by atoms with Gasteiger partial charge >= 0.3 is 0 Å². The molecule has 0 atom stereocenters. The second-order valence-electron chi connectivity index (χ2n) is 6.74. The van der Waals surface area contributed by atoms with E-state index in [0.29, 0.717) is 11.3 Å². The van der Waals surface area contributed by atoms with Crippen molar-refractivity contribution in [3.8, 4) is 5.75 Å². The van der Waals surface area contributed by atoms with E-state index in [4.69, 9.17) is 9.72 Å². The number of aromatic nitrogens is 1. The number of aryl methyl sites for hydroxylation is 1. The van der Waals surface area contributed by atoms with Crippen LogP contribution in [-0.2, 0) is 6.61 Å². The number of ether oxygens (including phenoxy) is 1. The smallest absolute Gasteiger partial charge is 0.131 e. The Labute approximate surface area is 158 Å². The molecule has 0 aliphatic rings. The summed E-state index contributed by atoms with van der Waals surface area (Å²) in [5.74, 6) is 0.669. The quantitative estimate of drug-likeness (QED) is 0.489. The van der Waals surface area contributed by atoms with Crippen molar-refractivity contribution in [2.24, 2.45) is 0 Å². The fourth-order valence-corrected chi connectivity index (χ4v) is 3.60. The van der Waals surface area contributed by atoms with Crippen LogP contribution in [0, 0.1) is 13.8 Å². The Hall–Kier alpha value is -3.11. The number of para-hydroxylation sites is 1. The predicted octanol–water partition coefficient (Wildman–Crippen LogP) is 5.25. The van der Waals surface area contributed by atoms with Gasteiger partial charge in [-0.2, -0.15) is 0 Å². The fourth-order valence-electron chi connectivity index (χ4n) is 3.60. The Bertz CT molecular complexity index is 1140. The molecule has 0 amide bonds. The first-order chi connectivity index (χ1) is 13.1. The first-order valence-corrected chi connectivity index (χ1v) is 8.96. The lowest BCUT2D eigenvalue weighted by Crippen LogP contribution is -2.03. The highest BCUT2D eigenvalue weighted by atomic mass is 16.5. The largest absolute Gasteiger partial charge is 0.496 e. The molecule has 1 aromatic heterocycles. The van der Waals surface area contributed by atoms with E-state index in [1.54, 1.807) is 7.11 Å². The van der Waals surface area contributed by atoms with E-state index in [2.05, 4.69) is 36.5 Å². The highest BCUT2D eigenvalue weighted by Gasteiger charge is 2.19. The fraction of sp³-hybridized carbons (Fsp3) is 0.174. The minimum absolute atomic E-state index is 0.129. The molecule has 0 bridgehead atoms. The SMILES string of the molecule is COc1c(C)c(Nc2ccccc2)c2cc3ccc(C)cc3nc2c1CO. The van der Waals surface area contributed by atoms with Crippen molar-refractivity contribution in [1.29, 1.82) is 0 Å². The van der Waals surface area contributed by atoms with Crippen LogP contribution in [0.1, 0.15) is 16.7 Å². The molecular weight excluding hydrogens is 336 g/mol. The van der Waals surface area contributed by atoms with Gasteiger partial charge in [0.25, 0.3) is 0 Å². The minimum Gasteiger partial charge on any atom is -0.496 e. The molecule has 136 valence electrons. The summed E-state index contributed by atoms with van der Waals surface area (Å²) < 4.78 is 5.65. The second-order valence-corrected chi connectivity index (χ2v) is 6.74. The molecule has 2 N–H and O–H groups in total. The molecule has 27 heavy (non-hydrogen) atoms. The topological polar surface area (TPSA) is 54.4 Å². The average molecular weight is 358 g/mol. The molecule has 3 aromatic carbocycles. The maximum absolute atomic E-state index is 10.0. The molecule has 0 saturated heterocycles. The molecule has 0 aliphatic heterocycles. The molecule has 4 nitrogen and oxygen atoms in total. The van der Waals surface area contributed by atoms with Gasteiger partial charge in [0.15, 0.2) is 0 Å². The number of aliphatic hydroxyl groups is 1. The summed E-state index contributed by atoms with van der Waals surface area (Å²) in [4.78, 5) is 4.88. The highest BCUT2D eigenvalue weighted by molar-refractivity contribution is 6.04. The summed E-state index contributed by atoms with van der Waals surface area (Å²) in [6.45, 7) is 3.93. The zero-order valence-electron chi connectivity index (χ0n) is 15.7. The molecule has 1 heterocycles. The van der Waals surface area contributed by atoms with Gasteiger partial charge in [-0.05, 0) is 43.7 Å². The lowest BCUT2D eigenvalue weighted by Gasteiger charge is -2.20. The molecule has 0 unspecified atom stereocenters. The van der Waals surface area contributed by atoms with Crippen LogP contribution in [0.5, 0.6) is 5.75 Å². The van der Waals surface area contributed by atoms with Crippen molar-refractivity contribution in [1.82, 2.24) is 4.98 Å². The standard InChI is InChI=1S/C23H22N2O2/c1-14-9-10-16-12-18-21(24-17-7-5-4-6-8-17)15(2)23(27-3)19(13-26)22(18)25-20(16)11-14/h4-12,24,26H,13H2,1-3H3. The molecule has 0 fully saturated rings. The number of nitrogens with one attached hydrogen (secondary N) is 1. The van der Waals surface area contributed by atoms with E-state index >= 15 is 0 Å². The number of methoxy groups -OCH3 is 1. The van der Waals surface area contributed by atoms with Crippen LogP contribution >= 0.6 is 0 Å². The summed E-state index contributed by atoms with van der Waals surface area (Å²) in [5.41, 5.74) is 6.43. The number of hydrogen-bond donors (Lipinski definition) is 2. The number of anilines is 2. The van der Waals surface area contributed by atoms with E-state index in [1.165, 1.54) is 0 Å². The van der Waals surface area contributed by atoms with Crippen LogP contribution in [-0.4, -0.2) is 17.2 Å². The van der Waals surface area contributed by atoms with Gasteiger partial charge in [0.1, 0.15) is 5.75 Å². The molecule has 0 spiro atoms. The van der Waals surface area contributed by atoms with Gasteiger partial charge in [-0.1, -0.05) is 30.3 Å². The van der Waals surface area contributed by atoms with Crippen molar-refractivity contribution < 1.29 is 9.84 Å². The van der Waals surface area contributed by atoms with Gasteiger partial charge in [-0.25, -0.2) is 4.98 Å². The maximum Gasteiger partial charge on any atom is 0.131 e. The number of aliphatic hydroxyl groups excluding tert-OH is 1. The average Bonchev–Trinajstić information content (AvgIpc) is 2.69. The third-order valence-electron chi connectivity index (χ3n) is 4.92. The first-order valence-electron chi connectivity index (χ1n) is 8.96. The first kappa shape index (κ1) is 17.3. The third kappa shape index (κ3) is 2.98. The molecule has 4 rings (SSSR count). The summed E-state index contributed by atoms with van der Waals surface area (Å²) in [6.07, 6.45) is 0. The van der Waals surface area contributed by atoms with E-state index in [-0.39, 0.29) is 6.61 Å². The molecule has 4 aromatic rings. The van der Waals surface area contributed by atoms with Crippen LogP contribution < -0.4 is 10.1 Å². The Morgan fingerprint density at radius 3 is 2.52 bits per heavy atom. The lowest BCUT2D eigenvalue weighted by molar-refractivity contribution is 0.275. The van der Waals surface area contributed by atoms with Crippen molar-refractivity contribution in [3.63, 3.8) is 0 Å². The van der Waals surface area contributed by atoms with E-state index in [9.17, 15) is 5.11 Å². The van der Waals surface area contributed by atoms with Crippen molar-refractivity contribution >= 4 is 33.2 Å².